The van der Waals surface area contributed by atoms with Gasteiger partial charge < -0.3 is 11.1 Å². The first-order valence-corrected chi connectivity index (χ1v) is 7.59. The highest BCUT2D eigenvalue weighted by Gasteiger charge is 2.28. The molecule has 0 bridgehead atoms. The van der Waals surface area contributed by atoms with Crippen molar-refractivity contribution in [2.45, 2.75) is 31.8 Å². The van der Waals surface area contributed by atoms with E-state index in [0.29, 0.717) is 17.1 Å². The van der Waals surface area contributed by atoms with Gasteiger partial charge in [0.1, 0.15) is 5.82 Å². The molecule has 0 spiro atoms. The molecule has 0 radical (unpaired) electrons. The average Bonchev–Trinajstić information content (AvgIpc) is 2.95. The molecule has 1 unspecified atom stereocenters. The molecule has 1 heterocycles. The van der Waals surface area contributed by atoms with Gasteiger partial charge in [0, 0.05) is 17.1 Å². The Balaban J connectivity index is 2.21. The predicted molar refractivity (Wildman–Crippen MR) is 81.6 cm³/mol. The van der Waals surface area contributed by atoms with Crippen molar-refractivity contribution in [2.24, 2.45) is 5.73 Å². The van der Waals surface area contributed by atoms with E-state index < -0.39 is 6.04 Å². The van der Waals surface area contributed by atoms with Gasteiger partial charge in [-0.25, -0.2) is 4.39 Å². The minimum Gasteiger partial charge on any atom is -0.353 e. The summed E-state index contributed by atoms with van der Waals surface area (Å²) in [6.45, 7) is 3.68. The lowest BCUT2D eigenvalue weighted by Gasteiger charge is -2.29. The summed E-state index contributed by atoms with van der Waals surface area (Å²) in [6.07, 6.45) is 2.15. The van der Waals surface area contributed by atoms with Crippen LogP contribution in [0.5, 0.6) is 0 Å². The maximum Gasteiger partial charge on any atom is 0.236 e. The third-order valence-electron chi connectivity index (χ3n) is 3.80. The molecule has 6 heteroatoms. The molecule has 4 nitrogen and oxygen atoms in total. The molecule has 1 saturated heterocycles. The Morgan fingerprint density at radius 3 is 2.71 bits per heavy atom. The van der Waals surface area contributed by atoms with Gasteiger partial charge >= 0.3 is 0 Å². The van der Waals surface area contributed by atoms with Gasteiger partial charge in [0.05, 0.1) is 12.1 Å². The summed E-state index contributed by atoms with van der Waals surface area (Å²) in [7, 11) is 0. The Kier molecular flexibility index (Phi) is 5.56. The Bertz CT molecular complexity index is 483. The van der Waals surface area contributed by atoms with Crippen molar-refractivity contribution in [1.29, 1.82) is 0 Å². The van der Waals surface area contributed by atoms with Crippen LogP contribution in [0.15, 0.2) is 18.2 Å². The van der Waals surface area contributed by atoms with E-state index in [1.807, 2.05) is 0 Å². The molecule has 1 aromatic rings. The number of nitrogens with two attached hydrogens (primary N) is 1. The highest BCUT2D eigenvalue weighted by Crippen LogP contribution is 2.31. The van der Waals surface area contributed by atoms with Gasteiger partial charge in [-0.05, 0) is 45.0 Å². The maximum absolute atomic E-state index is 14.2. The summed E-state index contributed by atoms with van der Waals surface area (Å²) in [6, 6.07) is 3.82. The zero-order chi connectivity index (χ0) is 15.4. The van der Waals surface area contributed by atoms with E-state index in [2.05, 4.69) is 10.2 Å². The van der Waals surface area contributed by atoms with E-state index in [-0.39, 0.29) is 17.8 Å². The number of halogens is 2. The smallest absolute Gasteiger partial charge is 0.236 e. The summed E-state index contributed by atoms with van der Waals surface area (Å²) in [5.41, 5.74) is 6.00. The molecule has 0 aliphatic carbocycles. The van der Waals surface area contributed by atoms with Gasteiger partial charge in [-0.1, -0.05) is 17.7 Å². The molecule has 0 saturated carbocycles. The molecular formula is C15H21ClFN3O. The van der Waals surface area contributed by atoms with Crippen LogP contribution in [0.4, 0.5) is 4.39 Å². The molecule has 21 heavy (non-hydrogen) atoms. The number of likely N-dealkylation sites (tertiary alicyclic amines) is 1. The lowest BCUT2D eigenvalue weighted by molar-refractivity contribution is -0.122. The van der Waals surface area contributed by atoms with E-state index in [1.54, 1.807) is 19.1 Å². The van der Waals surface area contributed by atoms with Crippen molar-refractivity contribution in [1.82, 2.24) is 10.2 Å². The molecular weight excluding hydrogens is 293 g/mol. The second-order valence-electron chi connectivity index (χ2n) is 5.43. The van der Waals surface area contributed by atoms with Crippen LogP contribution in [0.1, 0.15) is 31.4 Å². The first-order valence-electron chi connectivity index (χ1n) is 7.22. The number of carbonyl (C=O) groups excluding carboxylic acids is 1. The van der Waals surface area contributed by atoms with Gasteiger partial charge in [0.15, 0.2) is 0 Å². The third-order valence-corrected chi connectivity index (χ3v) is 4.13. The summed E-state index contributed by atoms with van der Waals surface area (Å²) in [5, 5.41) is 3.17. The first-order chi connectivity index (χ1) is 10.0. The fourth-order valence-electron chi connectivity index (χ4n) is 2.65. The van der Waals surface area contributed by atoms with Crippen LogP contribution in [0, 0.1) is 5.82 Å². The van der Waals surface area contributed by atoms with E-state index in [0.717, 1.165) is 25.9 Å². The van der Waals surface area contributed by atoms with E-state index in [1.165, 1.54) is 6.07 Å². The lowest BCUT2D eigenvalue weighted by atomic mass is 10.0. The van der Waals surface area contributed by atoms with Crippen LogP contribution >= 0.6 is 11.6 Å². The van der Waals surface area contributed by atoms with Gasteiger partial charge in [-0.2, -0.15) is 0 Å². The number of rotatable bonds is 5. The van der Waals surface area contributed by atoms with Gasteiger partial charge in [-0.3, -0.25) is 9.69 Å². The molecule has 1 aliphatic rings. The topological polar surface area (TPSA) is 58.4 Å². The summed E-state index contributed by atoms with van der Waals surface area (Å²) >= 11 is 6.18. The molecule has 116 valence electrons. The van der Waals surface area contributed by atoms with E-state index >= 15 is 0 Å². The number of carbonyl (C=O) groups is 1. The Morgan fingerprint density at radius 2 is 2.14 bits per heavy atom. The molecule has 0 aromatic heterocycles. The van der Waals surface area contributed by atoms with Gasteiger partial charge in [-0.15, -0.1) is 0 Å². The Morgan fingerprint density at radius 1 is 1.48 bits per heavy atom. The maximum atomic E-state index is 14.2. The van der Waals surface area contributed by atoms with Crippen LogP contribution in [0.25, 0.3) is 0 Å². The minimum atomic E-state index is -0.583. The fraction of sp³-hybridized carbons (Fsp3) is 0.533. The number of benzene rings is 1. The van der Waals surface area contributed by atoms with Crippen molar-refractivity contribution < 1.29 is 9.18 Å². The predicted octanol–water partition coefficient (Wildman–Crippen LogP) is 2.08. The zero-order valence-electron chi connectivity index (χ0n) is 12.1. The molecule has 1 fully saturated rings. The number of hydrogen-bond donors (Lipinski definition) is 2. The first kappa shape index (κ1) is 16.2. The standard InChI is InChI=1S/C15H21ClFN3O/c1-10(18)15(21)19-9-13(20-7-2-3-8-20)14-11(16)5-4-6-12(14)17/h4-6,10,13H,2-3,7-9,18H2,1H3,(H,19,21)/t10-,13?/m1/s1. The SMILES string of the molecule is C[C@@H](N)C(=O)NCC(c1c(F)cccc1Cl)N1CCCC1. The number of nitrogens with zero attached hydrogens (tertiary/aromatic N) is 1. The zero-order valence-corrected chi connectivity index (χ0v) is 12.9. The molecule has 1 aromatic carbocycles. The fourth-order valence-corrected chi connectivity index (χ4v) is 2.94. The van der Waals surface area contributed by atoms with Crippen molar-refractivity contribution in [2.75, 3.05) is 19.6 Å². The largest absolute Gasteiger partial charge is 0.353 e. The second-order valence-corrected chi connectivity index (χ2v) is 5.84. The molecule has 1 amide bonds. The molecule has 1 aliphatic heterocycles. The highest BCUT2D eigenvalue weighted by atomic mass is 35.5. The minimum absolute atomic E-state index is 0.244. The summed E-state index contributed by atoms with van der Waals surface area (Å²) in [4.78, 5) is 13.8. The summed E-state index contributed by atoms with van der Waals surface area (Å²) in [5.74, 6) is -0.582. The second kappa shape index (κ2) is 7.20. The third kappa shape index (κ3) is 3.93. The molecule has 2 rings (SSSR count). The molecule has 2 atom stereocenters. The van der Waals surface area contributed by atoms with Crippen LogP contribution in [0.3, 0.4) is 0 Å². The van der Waals surface area contributed by atoms with Gasteiger partial charge in [0.2, 0.25) is 5.91 Å². The van der Waals surface area contributed by atoms with Crippen molar-refractivity contribution in [3.8, 4) is 0 Å². The van der Waals surface area contributed by atoms with Crippen LogP contribution < -0.4 is 11.1 Å². The quantitative estimate of drug-likeness (QED) is 0.875. The van der Waals surface area contributed by atoms with Crippen LogP contribution in [-0.4, -0.2) is 36.5 Å². The number of nitrogens with one attached hydrogen (secondary N) is 1. The van der Waals surface area contributed by atoms with E-state index in [9.17, 15) is 9.18 Å². The monoisotopic (exact) mass is 313 g/mol. The van der Waals surface area contributed by atoms with Crippen molar-refractivity contribution in [3.63, 3.8) is 0 Å². The van der Waals surface area contributed by atoms with Crippen molar-refractivity contribution in [3.05, 3.63) is 34.6 Å². The normalized spacial score (nSPS) is 18.5. The number of hydrogen-bond acceptors (Lipinski definition) is 3. The Labute approximate surface area is 129 Å². The summed E-state index contributed by atoms with van der Waals surface area (Å²) < 4.78 is 14.2. The van der Waals surface area contributed by atoms with E-state index in [4.69, 9.17) is 17.3 Å². The highest BCUT2D eigenvalue weighted by molar-refractivity contribution is 6.31. The van der Waals surface area contributed by atoms with Crippen LogP contribution in [-0.2, 0) is 4.79 Å². The van der Waals surface area contributed by atoms with Crippen LogP contribution in [0.2, 0.25) is 5.02 Å². The Hall–Kier alpha value is -1.17. The lowest BCUT2D eigenvalue weighted by Crippen LogP contribution is -2.43. The molecule has 3 N–H and O–H groups in total. The van der Waals surface area contributed by atoms with Crippen molar-refractivity contribution >= 4 is 17.5 Å². The average molecular weight is 314 g/mol. The van der Waals surface area contributed by atoms with Gasteiger partial charge in [0.25, 0.3) is 0 Å². The number of amides is 1.